The van der Waals surface area contributed by atoms with Crippen molar-refractivity contribution < 1.29 is 17.9 Å². The summed E-state index contributed by atoms with van der Waals surface area (Å²) in [5, 5.41) is 1.72. The van der Waals surface area contributed by atoms with Gasteiger partial charge in [0.1, 0.15) is 0 Å². The Balaban J connectivity index is 1.38. The number of ether oxygens (including phenoxy) is 1. The van der Waals surface area contributed by atoms with Gasteiger partial charge in [0.05, 0.1) is 24.0 Å². The molecular weight excluding hydrogens is 688 g/mol. The molecule has 1 aromatic heterocycles. The van der Waals surface area contributed by atoms with Gasteiger partial charge in [0, 0.05) is 34.6 Å². The van der Waals surface area contributed by atoms with Crippen LogP contribution in [0.3, 0.4) is 0 Å². The highest BCUT2D eigenvalue weighted by Gasteiger charge is 2.26. The summed E-state index contributed by atoms with van der Waals surface area (Å²) in [7, 11) is -3.62. The first kappa shape index (κ1) is 37.1. The zero-order chi connectivity index (χ0) is 36.7. The smallest absolute Gasteiger partial charge is 0.338 e. The van der Waals surface area contributed by atoms with Gasteiger partial charge in [0.25, 0.3) is 0 Å². The van der Waals surface area contributed by atoms with Gasteiger partial charge in [0.2, 0.25) is 10.0 Å². The summed E-state index contributed by atoms with van der Waals surface area (Å²) in [6.07, 6.45) is 2.89. The van der Waals surface area contributed by atoms with Crippen molar-refractivity contribution in [1.29, 1.82) is 0 Å². The number of carbonyl (C=O) groups is 1. The zero-order valence-corrected chi connectivity index (χ0v) is 31.5. The lowest BCUT2D eigenvalue weighted by Crippen LogP contribution is -2.29. The number of carbonyl (C=O) groups excluding carboxylic acids is 1. The molecule has 0 spiro atoms. The second-order valence-corrected chi connectivity index (χ2v) is 15.5. The maximum atomic E-state index is 13.5. The molecule has 0 fully saturated rings. The predicted octanol–water partition coefficient (Wildman–Crippen LogP) is 9.56. The number of sulfonamides is 1. The van der Waals surface area contributed by atoms with Crippen LogP contribution >= 0.6 is 11.6 Å². The van der Waals surface area contributed by atoms with E-state index in [1.807, 2.05) is 80.6 Å². The summed E-state index contributed by atoms with van der Waals surface area (Å²) in [4.78, 5) is 12.2. The van der Waals surface area contributed by atoms with E-state index in [1.54, 1.807) is 6.92 Å². The Morgan fingerprint density at radius 3 is 2.02 bits per heavy atom. The molecule has 6 aromatic rings. The molecule has 5 aromatic carbocycles. The molecule has 6 nitrogen and oxygen atoms in total. The molecule has 0 radical (unpaired) electrons. The minimum absolute atomic E-state index is 0.0669. The molecule has 8 heteroatoms. The SMILES string of the molecule is CCOC(=O)c1ccc(CCCc2c(CCNS(=O)(=O)Cc3c(C)cccc3C)n(C(c3ccccc3)c3ccccc3)c3ccc(Cl)cc23)cc1. The molecule has 1 N–H and O–H groups in total. The predicted molar refractivity (Wildman–Crippen MR) is 212 cm³/mol. The summed E-state index contributed by atoms with van der Waals surface area (Å²) < 4.78 is 37.5. The highest BCUT2D eigenvalue weighted by Crippen LogP contribution is 2.38. The van der Waals surface area contributed by atoms with Crippen LogP contribution in [-0.2, 0) is 39.8 Å². The van der Waals surface area contributed by atoms with Crippen molar-refractivity contribution in [3.05, 3.63) is 177 Å². The van der Waals surface area contributed by atoms with E-state index in [0.29, 0.717) is 23.6 Å². The fourth-order valence-electron chi connectivity index (χ4n) is 7.15. The Hall–Kier alpha value is -4.69. The van der Waals surface area contributed by atoms with E-state index < -0.39 is 10.0 Å². The summed E-state index contributed by atoms with van der Waals surface area (Å²) in [6.45, 7) is 6.29. The lowest BCUT2D eigenvalue weighted by atomic mass is 9.97. The maximum Gasteiger partial charge on any atom is 0.338 e. The number of hydrogen-bond acceptors (Lipinski definition) is 4. The normalized spacial score (nSPS) is 11.7. The van der Waals surface area contributed by atoms with Gasteiger partial charge in [-0.3, -0.25) is 0 Å². The molecule has 0 saturated carbocycles. The van der Waals surface area contributed by atoms with E-state index >= 15 is 0 Å². The fourth-order valence-corrected chi connectivity index (χ4v) is 8.67. The molecule has 52 heavy (non-hydrogen) atoms. The largest absolute Gasteiger partial charge is 0.462 e. The van der Waals surface area contributed by atoms with Crippen LogP contribution < -0.4 is 4.72 Å². The van der Waals surface area contributed by atoms with Crippen LogP contribution in [0.5, 0.6) is 0 Å². The van der Waals surface area contributed by atoms with E-state index in [-0.39, 0.29) is 24.3 Å². The van der Waals surface area contributed by atoms with Gasteiger partial charge in [-0.25, -0.2) is 17.9 Å². The number of halogens is 1. The fraction of sp³-hybridized carbons (Fsp3) is 0.250. The second kappa shape index (κ2) is 16.8. The number of benzene rings is 5. The van der Waals surface area contributed by atoms with Gasteiger partial charge < -0.3 is 9.30 Å². The summed E-state index contributed by atoms with van der Waals surface area (Å²) in [6, 6.07) is 40.2. The van der Waals surface area contributed by atoms with E-state index in [1.165, 1.54) is 0 Å². The molecule has 0 atom stereocenters. The van der Waals surface area contributed by atoms with Crippen LogP contribution in [0.15, 0.2) is 121 Å². The number of fused-ring (bicyclic) bond motifs is 1. The lowest BCUT2D eigenvalue weighted by molar-refractivity contribution is 0.0526. The number of nitrogens with one attached hydrogen (secondary N) is 1. The molecule has 0 aliphatic rings. The second-order valence-electron chi connectivity index (χ2n) is 13.2. The number of hydrogen-bond donors (Lipinski definition) is 1. The van der Waals surface area contributed by atoms with Gasteiger partial charge in [-0.2, -0.15) is 0 Å². The van der Waals surface area contributed by atoms with Gasteiger partial charge in [0.15, 0.2) is 0 Å². The van der Waals surface area contributed by atoms with Crippen molar-refractivity contribution in [1.82, 2.24) is 9.29 Å². The van der Waals surface area contributed by atoms with Crippen molar-refractivity contribution in [2.45, 2.75) is 58.2 Å². The maximum absolute atomic E-state index is 13.5. The molecule has 0 amide bonds. The van der Waals surface area contributed by atoms with Crippen LogP contribution in [0.25, 0.3) is 10.9 Å². The van der Waals surface area contributed by atoms with Crippen LogP contribution in [0.4, 0.5) is 0 Å². The number of esters is 1. The average Bonchev–Trinajstić information content (AvgIpc) is 3.42. The molecular formula is C44H45ClN2O4S. The van der Waals surface area contributed by atoms with Crippen LogP contribution in [0, 0.1) is 13.8 Å². The van der Waals surface area contributed by atoms with E-state index in [0.717, 1.165) is 74.8 Å². The standard InChI is InChI=1S/C44H45ClN2O4S/c1-4-51-44(48)36-23-21-33(22-24-36)15-12-20-38-39-29-37(45)25-26-41(39)47(43(34-16-7-5-8-17-34)35-18-9-6-10-19-35)42(38)27-28-46-52(49,50)30-40-31(2)13-11-14-32(40)3/h5-11,13-14,16-19,21-26,29,43,46H,4,12,15,20,27-28,30H2,1-3H3. The third-order valence-corrected chi connectivity index (χ3v) is 11.2. The first-order valence-electron chi connectivity index (χ1n) is 17.8. The van der Waals surface area contributed by atoms with Crippen LogP contribution in [-0.4, -0.2) is 32.1 Å². The molecule has 0 aliphatic heterocycles. The third-order valence-electron chi connectivity index (χ3n) is 9.69. The van der Waals surface area contributed by atoms with Crippen molar-refractivity contribution in [2.24, 2.45) is 0 Å². The van der Waals surface area contributed by atoms with E-state index in [4.69, 9.17) is 16.3 Å². The van der Waals surface area contributed by atoms with Crippen molar-refractivity contribution in [3.8, 4) is 0 Å². The zero-order valence-electron chi connectivity index (χ0n) is 29.9. The van der Waals surface area contributed by atoms with Crippen molar-refractivity contribution in [2.75, 3.05) is 13.2 Å². The molecule has 0 bridgehead atoms. The average molecular weight is 733 g/mol. The number of nitrogens with zero attached hydrogens (tertiary/aromatic N) is 1. The number of rotatable bonds is 15. The molecule has 0 unspecified atom stereocenters. The highest BCUT2D eigenvalue weighted by molar-refractivity contribution is 7.88. The summed E-state index contributed by atoms with van der Waals surface area (Å²) >= 11 is 6.69. The summed E-state index contributed by atoms with van der Waals surface area (Å²) in [5.41, 5.74) is 9.97. The first-order valence-corrected chi connectivity index (χ1v) is 19.9. The number of aryl methyl sites for hydroxylation is 4. The molecule has 1 heterocycles. The minimum Gasteiger partial charge on any atom is -0.462 e. The van der Waals surface area contributed by atoms with Gasteiger partial charge in [-0.1, -0.05) is 103 Å². The van der Waals surface area contributed by atoms with Gasteiger partial charge in [-0.05, 0) is 109 Å². The summed E-state index contributed by atoms with van der Waals surface area (Å²) in [5.74, 6) is -0.387. The molecule has 268 valence electrons. The van der Waals surface area contributed by atoms with Crippen molar-refractivity contribution in [3.63, 3.8) is 0 Å². The monoisotopic (exact) mass is 732 g/mol. The first-order chi connectivity index (χ1) is 25.1. The van der Waals surface area contributed by atoms with E-state index in [9.17, 15) is 13.2 Å². The molecule has 6 rings (SSSR count). The van der Waals surface area contributed by atoms with Crippen LogP contribution in [0.2, 0.25) is 5.02 Å². The van der Waals surface area contributed by atoms with Crippen molar-refractivity contribution >= 4 is 38.5 Å². The molecule has 0 saturated heterocycles. The molecule has 0 aliphatic carbocycles. The third kappa shape index (κ3) is 8.67. The topological polar surface area (TPSA) is 77.4 Å². The number of aromatic nitrogens is 1. The lowest BCUT2D eigenvalue weighted by Gasteiger charge is -2.25. The minimum atomic E-state index is -3.62. The highest BCUT2D eigenvalue weighted by atomic mass is 35.5. The van der Waals surface area contributed by atoms with E-state index in [2.05, 4.69) is 63.9 Å². The van der Waals surface area contributed by atoms with Gasteiger partial charge in [-0.15, -0.1) is 0 Å². The van der Waals surface area contributed by atoms with Crippen LogP contribution in [0.1, 0.15) is 74.4 Å². The Morgan fingerprint density at radius 2 is 1.40 bits per heavy atom. The quantitative estimate of drug-likeness (QED) is 0.107. The Kier molecular flexibility index (Phi) is 12.0. The Bertz CT molecular complexity index is 2190. The Labute approximate surface area is 312 Å². The Morgan fingerprint density at radius 1 is 0.769 bits per heavy atom. The van der Waals surface area contributed by atoms with Gasteiger partial charge >= 0.3 is 5.97 Å².